The minimum atomic E-state index is 0.0167. The van der Waals surface area contributed by atoms with Gasteiger partial charge in [-0.1, -0.05) is 36.4 Å². The van der Waals surface area contributed by atoms with Crippen molar-refractivity contribution >= 4 is 11.8 Å². The van der Waals surface area contributed by atoms with Crippen LogP contribution in [0.3, 0.4) is 0 Å². The molecule has 2 aromatic rings. The van der Waals surface area contributed by atoms with Gasteiger partial charge in [0.15, 0.2) is 0 Å². The Morgan fingerprint density at radius 1 is 1.05 bits per heavy atom. The van der Waals surface area contributed by atoms with E-state index in [1.165, 1.54) is 4.90 Å². The van der Waals surface area contributed by atoms with Gasteiger partial charge in [-0.2, -0.15) is 0 Å². The Hall–Kier alpha value is -1.45. The van der Waals surface area contributed by atoms with Crippen molar-refractivity contribution in [1.29, 1.82) is 0 Å². The second kappa shape index (κ2) is 7.22. The SMILES string of the molecule is Cc1cccc(CO)c1OCCSc1ccccc1. The van der Waals surface area contributed by atoms with E-state index in [1.807, 2.05) is 43.3 Å². The van der Waals surface area contributed by atoms with Crippen LogP contribution in [0.15, 0.2) is 53.4 Å². The minimum absolute atomic E-state index is 0.0167. The van der Waals surface area contributed by atoms with Crippen molar-refractivity contribution in [2.24, 2.45) is 0 Å². The minimum Gasteiger partial charge on any atom is -0.492 e. The topological polar surface area (TPSA) is 29.5 Å². The van der Waals surface area contributed by atoms with E-state index < -0.39 is 0 Å². The summed E-state index contributed by atoms with van der Waals surface area (Å²) in [5, 5.41) is 9.29. The van der Waals surface area contributed by atoms with Crippen molar-refractivity contribution in [3.05, 3.63) is 59.7 Å². The van der Waals surface area contributed by atoms with Gasteiger partial charge in [0, 0.05) is 16.2 Å². The van der Waals surface area contributed by atoms with Crippen LogP contribution >= 0.6 is 11.8 Å². The Labute approximate surface area is 118 Å². The van der Waals surface area contributed by atoms with E-state index in [9.17, 15) is 5.11 Å². The van der Waals surface area contributed by atoms with Gasteiger partial charge in [0.25, 0.3) is 0 Å². The molecular formula is C16H18O2S. The Bertz CT molecular complexity index is 511. The maximum absolute atomic E-state index is 9.29. The molecular weight excluding hydrogens is 256 g/mol. The molecule has 0 spiro atoms. The lowest BCUT2D eigenvalue weighted by Crippen LogP contribution is -2.04. The number of thioether (sulfide) groups is 1. The molecule has 0 bridgehead atoms. The van der Waals surface area contributed by atoms with Crippen LogP contribution in [0, 0.1) is 6.92 Å². The monoisotopic (exact) mass is 274 g/mol. The lowest BCUT2D eigenvalue weighted by Gasteiger charge is -2.12. The van der Waals surface area contributed by atoms with Crippen molar-refractivity contribution in [2.75, 3.05) is 12.4 Å². The molecule has 0 aliphatic carbocycles. The predicted octanol–water partition coefficient (Wildman–Crippen LogP) is 3.66. The highest BCUT2D eigenvalue weighted by Crippen LogP contribution is 2.24. The van der Waals surface area contributed by atoms with Crippen molar-refractivity contribution in [3.8, 4) is 5.75 Å². The number of hydrogen-bond donors (Lipinski definition) is 1. The van der Waals surface area contributed by atoms with Gasteiger partial charge in [-0.15, -0.1) is 11.8 Å². The first-order valence-electron chi connectivity index (χ1n) is 6.31. The molecule has 19 heavy (non-hydrogen) atoms. The molecule has 0 atom stereocenters. The standard InChI is InChI=1S/C16H18O2S/c1-13-6-5-7-14(12-17)16(13)18-10-11-19-15-8-3-2-4-9-15/h2-9,17H,10-12H2,1H3. The first-order valence-corrected chi connectivity index (χ1v) is 7.30. The van der Waals surface area contributed by atoms with E-state index in [4.69, 9.17) is 4.74 Å². The molecule has 0 unspecified atom stereocenters. The van der Waals surface area contributed by atoms with Gasteiger partial charge in [-0.3, -0.25) is 0 Å². The Morgan fingerprint density at radius 3 is 2.58 bits per heavy atom. The summed E-state index contributed by atoms with van der Waals surface area (Å²) in [7, 11) is 0. The van der Waals surface area contributed by atoms with Crippen LogP contribution < -0.4 is 4.74 Å². The normalized spacial score (nSPS) is 10.4. The van der Waals surface area contributed by atoms with Crippen molar-refractivity contribution in [2.45, 2.75) is 18.4 Å². The molecule has 0 saturated heterocycles. The summed E-state index contributed by atoms with van der Waals surface area (Å²) >= 11 is 1.77. The van der Waals surface area contributed by atoms with E-state index in [-0.39, 0.29) is 6.61 Å². The van der Waals surface area contributed by atoms with Crippen LogP contribution in [0.2, 0.25) is 0 Å². The van der Waals surface area contributed by atoms with Gasteiger partial charge in [0.05, 0.1) is 13.2 Å². The molecule has 0 radical (unpaired) electrons. The molecule has 0 fully saturated rings. The first-order chi connectivity index (χ1) is 9.31. The van der Waals surface area contributed by atoms with Crippen LogP contribution in [0.1, 0.15) is 11.1 Å². The predicted molar refractivity (Wildman–Crippen MR) is 79.8 cm³/mol. The third kappa shape index (κ3) is 4.01. The maximum Gasteiger partial charge on any atom is 0.127 e. The van der Waals surface area contributed by atoms with E-state index >= 15 is 0 Å². The van der Waals surface area contributed by atoms with Gasteiger partial charge < -0.3 is 9.84 Å². The van der Waals surface area contributed by atoms with Crippen LogP contribution in [0.5, 0.6) is 5.75 Å². The zero-order valence-corrected chi connectivity index (χ0v) is 11.8. The molecule has 2 aromatic carbocycles. The fourth-order valence-electron chi connectivity index (χ4n) is 1.86. The van der Waals surface area contributed by atoms with Crippen LogP contribution in [0.4, 0.5) is 0 Å². The Morgan fingerprint density at radius 2 is 1.84 bits per heavy atom. The van der Waals surface area contributed by atoms with Gasteiger partial charge >= 0.3 is 0 Å². The van der Waals surface area contributed by atoms with Crippen LogP contribution in [-0.2, 0) is 6.61 Å². The maximum atomic E-state index is 9.29. The molecule has 0 aliphatic heterocycles. The summed E-state index contributed by atoms with van der Waals surface area (Å²) in [6.07, 6.45) is 0. The zero-order chi connectivity index (χ0) is 13.5. The van der Waals surface area contributed by atoms with E-state index in [0.29, 0.717) is 6.61 Å². The highest BCUT2D eigenvalue weighted by atomic mass is 32.2. The number of ether oxygens (including phenoxy) is 1. The highest BCUT2D eigenvalue weighted by Gasteiger charge is 2.05. The lowest BCUT2D eigenvalue weighted by atomic mass is 10.1. The molecule has 0 aromatic heterocycles. The van der Waals surface area contributed by atoms with Gasteiger partial charge in [0.1, 0.15) is 5.75 Å². The third-order valence-electron chi connectivity index (χ3n) is 2.81. The van der Waals surface area contributed by atoms with Crippen LogP contribution in [-0.4, -0.2) is 17.5 Å². The number of rotatable bonds is 6. The third-order valence-corrected chi connectivity index (χ3v) is 3.78. The number of hydrogen-bond acceptors (Lipinski definition) is 3. The molecule has 0 heterocycles. The van der Waals surface area contributed by atoms with Gasteiger partial charge in [0.2, 0.25) is 0 Å². The average molecular weight is 274 g/mol. The molecule has 0 aliphatic rings. The molecule has 2 rings (SSSR count). The largest absolute Gasteiger partial charge is 0.492 e. The average Bonchev–Trinajstić information content (AvgIpc) is 2.46. The summed E-state index contributed by atoms with van der Waals surface area (Å²) in [4.78, 5) is 1.25. The quantitative estimate of drug-likeness (QED) is 0.644. The van der Waals surface area contributed by atoms with Crippen molar-refractivity contribution in [1.82, 2.24) is 0 Å². The molecule has 100 valence electrons. The smallest absolute Gasteiger partial charge is 0.127 e. The zero-order valence-electron chi connectivity index (χ0n) is 11.0. The summed E-state index contributed by atoms with van der Waals surface area (Å²) in [6, 6.07) is 16.1. The van der Waals surface area contributed by atoms with E-state index in [2.05, 4.69) is 12.1 Å². The molecule has 3 heteroatoms. The second-order valence-corrected chi connectivity index (χ2v) is 5.40. The fourth-order valence-corrected chi connectivity index (χ4v) is 2.62. The summed E-state index contributed by atoms with van der Waals surface area (Å²) in [6.45, 7) is 2.65. The Kier molecular flexibility index (Phi) is 5.31. The fraction of sp³-hybridized carbons (Fsp3) is 0.250. The molecule has 1 N–H and O–H groups in total. The second-order valence-electron chi connectivity index (χ2n) is 4.23. The molecule has 0 saturated carbocycles. The summed E-state index contributed by atoms with van der Waals surface area (Å²) in [5.41, 5.74) is 1.92. The Balaban J connectivity index is 1.86. The molecule has 2 nitrogen and oxygen atoms in total. The number of aliphatic hydroxyl groups excluding tert-OH is 1. The molecule has 0 amide bonds. The number of aliphatic hydroxyl groups is 1. The van der Waals surface area contributed by atoms with Crippen molar-refractivity contribution < 1.29 is 9.84 Å². The highest BCUT2D eigenvalue weighted by molar-refractivity contribution is 7.99. The van der Waals surface area contributed by atoms with Gasteiger partial charge in [-0.05, 0) is 24.6 Å². The summed E-state index contributed by atoms with van der Waals surface area (Å²) < 4.78 is 5.80. The van der Waals surface area contributed by atoms with E-state index in [0.717, 1.165) is 22.6 Å². The number of para-hydroxylation sites is 1. The lowest BCUT2D eigenvalue weighted by molar-refractivity contribution is 0.267. The van der Waals surface area contributed by atoms with Gasteiger partial charge in [-0.25, -0.2) is 0 Å². The number of aryl methyl sites for hydroxylation is 1. The number of benzene rings is 2. The summed E-state index contributed by atoms with van der Waals surface area (Å²) in [5.74, 6) is 1.71. The van der Waals surface area contributed by atoms with Crippen molar-refractivity contribution in [3.63, 3.8) is 0 Å². The van der Waals surface area contributed by atoms with E-state index in [1.54, 1.807) is 11.8 Å². The van der Waals surface area contributed by atoms with Crippen LogP contribution in [0.25, 0.3) is 0 Å². The first kappa shape index (κ1) is 14.0.